The summed E-state index contributed by atoms with van der Waals surface area (Å²) in [5, 5.41) is 9.43. The van der Waals surface area contributed by atoms with E-state index in [2.05, 4.69) is 53.3 Å². The van der Waals surface area contributed by atoms with Gasteiger partial charge in [-0.2, -0.15) is 5.10 Å². The maximum Gasteiger partial charge on any atom is 0.195 e. The first-order valence-electron chi connectivity index (χ1n) is 6.62. The van der Waals surface area contributed by atoms with E-state index in [1.165, 1.54) is 16.0 Å². The van der Waals surface area contributed by atoms with Gasteiger partial charge in [0, 0.05) is 27.9 Å². The van der Waals surface area contributed by atoms with Crippen molar-refractivity contribution in [3.05, 3.63) is 58.0 Å². The molecule has 3 nitrogen and oxygen atoms in total. The lowest BCUT2D eigenvalue weighted by molar-refractivity contribution is 0.814. The van der Waals surface area contributed by atoms with Gasteiger partial charge in [0.15, 0.2) is 10.6 Å². The molecule has 0 bridgehead atoms. The van der Waals surface area contributed by atoms with Crippen molar-refractivity contribution < 1.29 is 0 Å². The van der Waals surface area contributed by atoms with Gasteiger partial charge in [-0.15, -0.1) is 17.9 Å². The number of thiophene rings is 1. The van der Waals surface area contributed by atoms with Crippen molar-refractivity contribution in [1.29, 1.82) is 0 Å². The van der Waals surface area contributed by atoms with Crippen LogP contribution in [-0.2, 0) is 6.54 Å². The Morgan fingerprint density at radius 3 is 2.86 bits per heavy atom. The van der Waals surface area contributed by atoms with Crippen molar-refractivity contribution in [3.63, 3.8) is 0 Å². The monoisotopic (exact) mass is 313 g/mol. The molecular formula is C16H15N3S2. The van der Waals surface area contributed by atoms with Gasteiger partial charge in [-0.3, -0.25) is 9.67 Å². The molecular weight excluding hydrogens is 298 g/mol. The molecule has 0 saturated carbocycles. The van der Waals surface area contributed by atoms with Crippen LogP contribution >= 0.6 is 23.6 Å². The van der Waals surface area contributed by atoms with E-state index in [1.807, 2.05) is 16.7 Å². The zero-order chi connectivity index (χ0) is 14.8. The van der Waals surface area contributed by atoms with Crippen LogP contribution in [0.15, 0.2) is 48.4 Å². The summed E-state index contributed by atoms with van der Waals surface area (Å²) in [6.45, 7) is 6.57. The third kappa shape index (κ3) is 2.50. The summed E-state index contributed by atoms with van der Waals surface area (Å²) in [7, 11) is 0. The van der Waals surface area contributed by atoms with Gasteiger partial charge in [0.2, 0.25) is 0 Å². The summed E-state index contributed by atoms with van der Waals surface area (Å²) in [5.74, 6) is 0.864. The Hall–Kier alpha value is -1.98. The van der Waals surface area contributed by atoms with E-state index in [0.29, 0.717) is 11.3 Å². The summed E-state index contributed by atoms with van der Waals surface area (Å²) in [6.07, 6.45) is 1.83. The maximum absolute atomic E-state index is 5.31. The molecule has 0 amide bonds. The Bertz CT molecular complexity index is 825. The molecule has 0 spiro atoms. The fraction of sp³-hybridized carbons (Fsp3) is 0.125. The molecule has 21 heavy (non-hydrogen) atoms. The van der Waals surface area contributed by atoms with Crippen LogP contribution in [0.1, 0.15) is 4.88 Å². The number of hydrogen-bond donors (Lipinski definition) is 1. The second-order valence-corrected chi connectivity index (χ2v) is 6.17. The molecule has 2 heterocycles. The van der Waals surface area contributed by atoms with Crippen molar-refractivity contribution in [2.75, 3.05) is 0 Å². The summed E-state index contributed by atoms with van der Waals surface area (Å²) in [6, 6.07) is 10.4. The molecule has 0 fully saturated rings. The van der Waals surface area contributed by atoms with E-state index in [1.54, 1.807) is 11.3 Å². The van der Waals surface area contributed by atoms with E-state index >= 15 is 0 Å². The largest absolute Gasteiger partial charge is 0.296 e. The van der Waals surface area contributed by atoms with Crippen LogP contribution in [0.2, 0.25) is 0 Å². The number of nitrogens with one attached hydrogen (secondary N) is 1. The van der Waals surface area contributed by atoms with Crippen LogP contribution in [0, 0.1) is 11.7 Å². The molecule has 5 heteroatoms. The number of rotatable bonds is 4. The fourth-order valence-electron chi connectivity index (χ4n) is 2.40. The Labute approximate surface area is 132 Å². The lowest BCUT2D eigenvalue weighted by Crippen LogP contribution is -1.98. The number of benzene rings is 1. The molecule has 1 aromatic carbocycles. The number of aromatic nitrogens is 3. The average molecular weight is 313 g/mol. The van der Waals surface area contributed by atoms with Crippen LogP contribution < -0.4 is 0 Å². The van der Waals surface area contributed by atoms with E-state index in [0.717, 1.165) is 11.4 Å². The van der Waals surface area contributed by atoms with Crippen molar-refractivity contribution in [2.24, 2.45) is 0 Å². The van der Waals surface area contributed by atoms with E-state index < -0.39 is 0 Å². The second kappa shape index (κ2) is 5.79. The van der Waals surface area contributed by atoms with E-state index in [4.69, 9.17) is 12.2 Å². The van der Waals surface area contributed by atoms with Crippen LogP contribution in [-0.4, -0.2) is 14.8 Å². The maximum atomic E-state index is 5.31. The van der Waals surface area contributed by atoms with Gasteiger partial charge < -0.3 is 0 Å². The van der Waals surface area contributed by atoms with Gasteiger partial charge in [0.1, 0.15) is 0 Å². The summed E-state index contributed by atoms with van der Waals surface area (Å²) >= 11 is 7.04. The first-order valence-corrected chi connectivity index (χ1v) is 7.91. The highest BCUT2D eigenvalue weighted by atomic mass is 32.1. The van der Waals surface area contributed by atoms with Gasteiger partial charge in [-0.1, -0.05) is 36.4 Å². The van der Waals surface area contributed by atoms with Crippen LogP contribution in [0.3, 0.4) is 0 Å². The molecule has 0 aliphatic rings. The molecule has 0 saturated heterocycles. The van der Waals surface area contributed by atoms with Gasteiger partial charge in [0.05, 0.1) is 0 Å². The molecule has 3 rings (SSSR count). The van der Waals surface area contributed by atoms with Crippen molar-refractivity contribution in [1.82, 2.24) is 14.8 Å². The molecule has 0 aliphatic heterocycles. The Morgan fingerprint density at radius 2 is 2.14 bits per heavy atom. The SMILES string of the molecule is C=CCn1c(-c2csc(C)c2-c2ccccc2)n[nH]c1=S. The predicted molar refractivity (Wildman–Crippen MR) is 91.1 cm³/mol. The minimum Gasteiger partial charge on any atom is -0.296 e. The zero-order valence-electron chi connectivity index (χ0n) is 11.7. The Balaban J connectivity index is 2.22. The van der Waals surface area contributed by atoms with E-state index in [-0.39, 0.29) is 0 Å². The molecule has 2 aromatic heterocycles. The normalized spacial score (nSPS) is 10.7. The minimum atomic E-state index is 0.618. The molecule has 106 valence electrons. The van der Waals surface area contributed by atoms with Crippen LogP contribution in [0.25, 0.3) is 22.5 Å². The molecule has 0 aliphatic carbocycles. The molecule has 3 aromatic rings. The van der Waals surface area contributed by atoms with Crippen molar-refractivity contribution >= 4 is 23.6 Å². The van der Waals surface area contributed by atoms with Gasteiger partial charge in [-0.05, 0) is 24.7 Å². The minimum absolute atomic E-state index is 0.618. The smallest absolute Gasteiger partial charge is 0.195 e. The summed E-state index contributed by atoms with van der Waals surface area (Å²) < 4.78 is 2.59. The average Bonchev–Trinajstić information content (AvgIpc) is 3.04. The highest BCUT2D eigenvalue weighted by Crippen LogP contribution is 2.38. The Kier molecular flexibility index (Phi) is 3.86. The predicted octanol–water partition coefficient (Wildman–Crippen LogP) is 4.83. The number of nitrogens with zero attached hydrogens (tertiary/aromatic N) is 2. The van der Waals surface area contributed by atoms with Gasteiger partial charge in [-0.25, -0.2) is 0 Å². The number of allylic oxidation sites excluding steroid dienone is 1. The second-order valence-electron chi connectivity index (χ2n) is 4.70. The first kappa shape index (κ1) is 14.0. The van der Waals surface area contributed by atoms with Crippen molar-refractivity contribution in [2.45, 2.75) is 13.5 Å². The number of H-pyrrole nitrogens is 1. The molecule has 0 radical (unpaired) electrons. The van der Waals surface area contributed by atoms with E-state index in [9.17, 15) is 0 Å². The molecule has 0 unspecified atom stereocenters. The lowest BCUT2D eigenvalue weighted by atomic mass is 10.0. The third-order valence-corrected chi connectivity index (χ3v) is 4.57. The third-order valence-electron chi connectivity index (χ3n) is 3.35. The van der Waals surface area contributed by atoms with Crippen molar-refractivity contribution in [3.8, 4) is 22.5 Å². The van der Waals surface area contributed by atoms with Gasteiger partial charge in [0.25, 0.3) is 0 Å². The van der Waals surface area contributed by atoms with Crippen LogP contribution in [0.4, 0.5) is 0 Å². The number of hydrogen-bond acceptors (Lipinski definition) is 3. The Morgan fingerprint density at radius 1 is 1.38 bits per heavy atom. The highest BCUT2D eigenvalue weighted by Gasteiger charge is 2.17. The summed E-state index contributed by atoms with van der Waals surface area (Å²) in [4.78, 5) is 1.27. The zero-order valence-corrected chi connectivity index (χ0v) is 13.3. The quantitative estimate of drug-likeness (QED) is 0.553. The van der Waals surface area contributed by atoms with Gasteiger partial charge >= 0.3 is 0 Å². The molecule has 0 atom stereocenters. The van der Waals surface area contributed by atoms with Crippen LogP contribution in [0.5, 0.6) is 0 Å². The first-order chi connectivity index (χ1) is 10.2. The fourth-order valence-corrected chi connectivity index (χ4v) is 3.47. The number of aryl methyl sites for hydroxylation is 1. The topological polar surface area (TPSA) is 33.6 Å². The number of aromatic amines is 1. The lowest BCUT2D eigenvalue weighted by Gasteiger charge is -2.07. The standard InChI is InChI=1S/C16H15N3S2/c1-3-9-19-15(17-18-16(19)20)13-10-21-11(2)14(13)12-7-5-4-6-8-12/h3-8,10H,1,9H2,2H3,(H,18,20). The summed E-state index contributed by atoms with van der Waals surface area (Å²) in [5.41, 5.74) is 3.53. The molecule has 1 N–H and O–H groups in total. The highest BCUT2D eigenvalue weighted by molar-refractivity contribution is 7.71.